The number of amides is 1. The molecule has 17 unspecified atom stereocenters. The molecule has 19 nitrogen and oxygen atoms in total. The first-order valence-electron chi connectivity index (χ1n) is 34.7. The zero-order valence-corrected chi connectivity index (χ0v) is 54.4. The van der Waals surface area contributed by atoms with Crippen molar-refractivity contribution >= 4 is 5.91 Å². The zero-order valence-electron chi connectivity index (χ0n) is 54.4. The highest BCUT2D eigenvalue weighted by molar-refractivity contribution is 5.76. The van der Waals surface area contributed by atoms with Gasteiger partial charge >= 0.3 is 0 Å². The Labute approximate surface area is 534 Å². The summed E-state index contributed by atoms with van der Waals surface area (Å²) in [5, 5.41) is 120. The average Bonchev–Trinajstić information content (AvgIpc) is 1.40. The fraction of sp³-hybridized carbons (Fsp3) is 0.814. The van der Waals surface area contributed by atoms with Crippen molar-refractivity contribution in [3.63, 3.8) is 0 Å². The summed E-state index contributed by atoms with van der Waals surface area (Å²) in [5.74, 6) is -0.247. The fourth-order valence-corrected chi connectivity index (χ4v) is 11.4. The molecular weight excluding hydrogens is 1140 g/mol. The monoisotopic (exact) mass is 1270 g/mol. The lowest BCUT2D eigenvalue weighted by Gasteiger charge is -2.48. The summed E-state index contributed by atoms with van der Waals surface area (Å²) in [4.78, 5) is 13.4. The van der Waals surface area contributed by atoms with E-state index in [9.17, 15) is 61.0 Å². The normalized spacial score (nSPS) is 28.7. The van der Waals surface area contributed by atoms with Gasteiger partial charge in [-0.3, -0.25) is 4.79 Å². The largest absolute Gasteiger partial charge is 0.394 e. The minimum atomic E-state index is -1.97. The highest BCUT2D eigenvalue weighted by Gasteiger charge is 2.53. The average molecular weight is 1270 g/mol. The van der Waals surface area contributed by atoms with Gasteiger partial charge in [0.25, 0.3) is 0 Å². The van der Waals surface area contributed by atoms with Gasteiger partial charge in [0.2, 0.25) is 5.91 Å². The van der Waals surface area contributed by atoms with Crippen LogP contribution in [-0.4, -0.2) is 193 Å². The number of ether oxygens (including phenoxy) is 6. The number of nitrogens with one attached hydrogen (secondary N) is 1. The van der Waals surface area contributed by atoms with Gasteiger partial charge in [0, 0.05) is 6.42 Å². The summed E-state index contributed by atoms with van der Waals surface area (Å²) in [7, 11) is 0. The molecule has 17 atom stereocenters. The number of unbranched alkanes of at least 4 members (excludes halogenated alkanes) is 24. The molecule has 0 radical (unpaired) electrons. The molecule has 0 aliphatic carbocycles. The molecule has 0 bridgehead atoms. The van der Waals surface area contributed by atoms with Gasteiger partial charge in [-0.1, -0.05) is 234 Å². The zero-order chi connectivity index (χ0) is 64.7. The van der Waals surface area contributed by atoms with E-state index in [1.165, 1.54) is 116 Å². The van der Waals surface area contributed by atoms with Crippen LogP contribution in [0.5, 0.6) is 0 Å². The van der Waals surface area contributed by atoms with E-state index in [0.717, 1.165) is 83.5 Å². The number of rotatable bonds is 52. The van der Waals surface area contributed by atoms with Gasteiger partial charge in [-0.15, -0.1) is 0 Å². The van der Waals surface area contributed by atoms with Crippen LogP contribution in [0.4, 0.5) is 0 Å². The molecule has 0 spiro atoms. The summed E-state index contributed by atoms with van der Waals surface area (Å²) >= 11 is 0. The Morgan fingerprint density at radius 2 is 0.775 bits per heavy atom. The Kier molecular flexibility index (Phi) is 46.7. The van der Waals surface area contributed by atoms with Crippen LogP contribution in [0.3, 0.4) is 0 Å². The number of hydrogen-bond acceptors (Lipinski definition) is 18. The molecule has 0 aromatic carbocycles. The molecule has 3 fully saturated rings. The van der Waals surface area contributed by atoms with Crippen molar-refractivity contribution in [3.05, 3.63) is 72.9 Å². The number of carbonyl (C=O) groups excluding carboxylic acids is 1. The molecule has 0 aromatic rings. The Bertz CT molecular complexity index is 1900. The minimum absolute atomic E-state index is 0.247. The first-order chi connectivity index (χ1) is 43.3. The third-order valence-electron chi connectivity index (χ3n) is 17.0. The van der Waals surface area contributed by atoms with Crippen molar-refractivity contribution in [2.24, 2.45) is 0 Å². The van der Waals surface area contributed by atoms with Gasteiger partial charge in [-0.2, -0.15) is 0 Å². The van der Waals surface area contributed by atoms with Crippen LogP contribution >= 0.6 is 0 Å². The molecule has 19 heteroatoms. The van der Waals surface area contributed by atoms with Crippen LogP contribution in [0.15, 0.2) is 72.9 Å². The van der Waals surface area contributed by atoms with Gasteiger partial charge in [-0.05, 0) is 64.2 Å². The maximum atomic E-state index is 13.4. The van der Waals surface area contributed by atoms with Crippen LogP contribution in [0, 0.1) is 0 Å². The Morgan fingerprint density at radius 3 is 1.21 bits per heavy atom. The predicted octanol–water partition coefficient (Wildman–Crippen LogP) is 8.94. The fourth-order valence-electron chi connectivity index (χ4n) is 11.4. The maximum Gasteiger partial charge on any atom is 0.220 e. The minimum Gasteiger partial charge on any atom is -0.394 e. The van der Waals surface area contributed by atoms with Crippen molar-refractivity contribution in [2.45, 2.75) is 336 Å². The molecule has 3 saturated heterocycles. The van der Waals surface area contributed by atoms with E-state index in [0.29, 0.717) is 12.8 Å². The molecule has 89 heavy (non-hydrogen) atoms. The number of hydrogen-bond donors (Lipinski definition) is 12. The van der Waals surface area contributed by atoms with E-state index in [-0.39, 0.29) is 18.9 Å². The summed E-state index contributed by atoms with van der Waals surface area (Å²) in [6.45, 7) is 1.64. The van der Waals surface area contributed by atoms with E-state index < -0.39 is 124 Å². The Balaban J connectivity index is 1.31. The van der Waals surface area contributed by atoms with Crippen molar-refractivity contribution in [1.29, 1.82) is 0 Å². The summed E-state index contributed by atoms with van der Waals surface area (Å²) in [5.41, 5.74) is 0. The quantitative estimate of drug-likeness (QED) is 0.0200. The lowest BCUT2D eigenvalue weighted by Crippen LogP contribution is -2.66. The van der Waals surface area contributed by atoms with Gasteiger partial charge in [0.15, 0.2) is 18.9 Å². The molecule has 3 rings (SSSR count). The lowest BCUT2D eigenvalue weighted by atomic mass is 9.96. The Morgan fingerprint density at radius 1 is 0.416 bits per heavy atom. The van der Waals surface area contributed by atoms with E-state index in [1.54, 1.807) is 0 Å². The van der Waals surface area contributed by atoms with Crippen molar-refractivity contribution in [3.8, 4) is 0 Å². The smallest absolute Gasteiger partial charge is 0.220 e. The third-order valence-corrected chi connectivity index (χ3v) is 17.0. The predicted molar refractivity (Wildman–Crippen MR) is 346 cm³/mol. The molecule has 1 amide bonds. The lowest BCUT2D eigenvalue weighted by molar-refractivity contribution is -0.379. The maximum absolute atomic E-state index is 13.4. The second-order valence-corrected chi connectivity index (χ2v) is 24.6. The molecule has 0 aromatic heterocycles. The topological polar surface area (TPSA) is 307 Å². The van der Waals surface area contributed by atoms with E-state index in [1.807, 2.05) is 0 Å². The van der Waals surface area contributed by atoms with Gasteiger partial charge in [-0.25, -0.2) is 0 Å². The van der Waals surface area contributed by atoms with Crippen molar-refractivity contribution < 1.29 is 89.4 Å². The van der Waals surface area contributed by atoms with Crippen LogP contribution in [0.25, 0.3) is 0 Å². The van der Waals surface area contributed by atoms with Gasteiger partial charge < -0.3 is 89.9 Å². The molecule has 516 valence electrons. The van der Waals surface area contributed by atoms with Gasteiger partial charge in [0.05, 0.1) is 38.6 Å². The van der Waals surface area contributed by atoms with Crippen molar-refractivity contribution in [2.75, 3.05) is 26.4 Å². The van der Waals surface area contributed by atoms with Crippen LogP contribution < -0.4 is 5.32 Å². The molecule has 12 N–H and O–H groups in total. The Hall–Kier alpha value is -2.77. The molecule has 3 heterocycles. The molecule has 3 aliphatic heterocycles. The highest BCUT2D eigenvalue weighted by Crippen LogP contribution is 2.33. The van der Waals surface area contributed by atoms with Crippen molar-refractivity contribution in [1.82, 2.24) is 5.32 Å². The van der Waals surface area contributed by atoms with E-state index in [2.05, 4.69) is 92.1 Å². The third kappa shape index (κ3) is 33.8. The first kappa shape index (κ1) is 80.5. The second kappa shape index (κ2) is 51.6. The van der Waals surface area contributed by atoms with E-state index >= 15 is 0 Å². The van der Waals surface area contributed by atoms with Gasteiger partial charge in [0.1, 0.15) is 73.2 Å². The number of aliphatic hydroxyl groups is 11. The standard InChI is InChI=1S/C70H123NO18/c1-3-5-7-9-11-13-14-15-16-17-18-19-20-21-22-23-24-25-26-27-28-29-30-31-32-33-34-35-36-37-38-40-42-44-46-48-58(76)71-53(54(75)47-45-43-41-39-12-10-8-6-4-2)52-84-68-64(82)61(79)66(56(50-73)86-68)89-70-65(83)62(80)67(57(51-74)87-70)88-69-63(81)60(78)59(77)55(49-72)85-69/h5,7,11,13,15-16,18-19,21-22,24-25,53-57,59-70,72-75,77-83H,3-4,6,8-10,12,14,17,20,23,26-52H2,1-2H3,(H,71,76)/b7-5-,13-11-,16-15-,19-18-,22-21-,25-24-. The SMILES string of the molecule is CC/C=C\C/C=C\C/C=C\C/C=C\C/C=C\C/C=C\CCCCCCCCCCCCCCCCCCC(=O)NC(COC1OC(CO)C(OC2OC(CO)C(OC3OC(CO)C(O)C(O)C3O)C(O)C2O)C(O)C1O)C(O)CCCCCCCCCCC. The summed E-state index contributed by atoms with van der Waals surface area (Å²) in [6.07, 6.45) is 37.4. The van der Waals surface area contributed by atoms with Crippen LogP contribution in [0.1, 0.15) is 232 Å². The first-order valence-corrected chi connectivity index (χ1v) is 34.7. The van der Waals surface area contributed by atoms with E-state index in [4.69, 9.17) is 28.4 Å². The summed E-state index contributed by atoms with van der Waals surface area (Å²) in [6, 6.07) is -0.887. The van der Waals surface area contributed by atoms with Crippen LogP contribution in [-0.2, 0) is 33.2 Å². The summed E-state index contributed by atoms with van der Waals surface area (Å²) < 4.78 is 34.3. The number of aliphatic hydroxyl groups excluding tert-OH is 11. The number of carbonyl (C=O) groups is 1. The molecule has 3 aliphatic rings. The number of allylic oxidation sites excluding steroid dienone is 12. The highest BCUT2D eigenvalue weighted by atomic mass is 16.8. The second-order valence-electron chi connectivity index (χ2n) is 24.6. The van der Waals surface area contributed by atoms with Crippen LogP contribution in [0.2, 0.25) is 0 Å². The molecule has 0 saturated carbocycles. The molecular formula is C70H123NO18.